The number of hydrogen-bond acceptors (Lipinski definition) is 3. The summed E-state index contributed by atoms with van der Waals surface area (Å²) in [7, 11) is 0. The second kappa shape index (κ2) is 9.96. The molecule has 4 nitrogen and oxygen atoms in total. The summed E-state index contributed by atoms with van der Waals surface area (Å²) in [5, 5.41) is 13.0. The van der Waals surface area contributed by atoms with Gasteiger partial charge in [-0.25, -0.2) is 0 Å². The van der Waals surface area contributed by atoms with Gasteiger partial charge in [-0.2, -0.15) is 5.26 Å². The smallest absolute Gasteiger partial charge is 0.262 e. The van der Waals surface area contributed by atoms with Gasteiger partial charge in [0, 0.05) is 16.6 Å². The van der Waals surface area contributed by atoms with Gasteiger partial charge in [0.15, 0.2) is 0 Å². The summed E-state index contributed by atoms with van der Waals surface area (Å²) in [6.07, 6.45) is 7.07. The Balaban J connectivity index is 1.60. The van der Waals surface area contributed by atoms with Gasteiger partial charge in [0.1, 0.15) is 24.0 Å². The van der Waals surface area contributed by atoms with Crippen molar-refractivity contribution < 1.29 is 9.53 Å². The van der Waals surface area contributed by atoms with Gasteiger partial charge in [-0.15, -0.1) is 0 Å². The van der Waals surface area contributed by atoms with Crippen LogP contribution in [0, 0.1) is 11.3 Å². The number of carbonyl (C=O) groups is 1. The highest BCUT2D eigenvalue weighted by molar-refractivity contribution is 6.31. The van der Waals surface area contributed by atoms with Gasteiger partial charge in [0.25, 0.3) is 5.91 Å². The molecule has 0 atom stereocenters. The lowest BCUT2D eigenvalue weighted by Crippen LogP contribution is -2.36. The summed E-state index contributed by atoms with van der Waals surface area (Å²) in [4.78, 5) is 12.4. The van der Waals surface area contributed by atoms with E-state index in [1.54, 1.807) is 6.08 Å². The number of amides is 1. The molecule has 5 heteroatoms. The molecule has 1 N–H and O–H groups in total. The van der Waals surface area contributed by atoms with Gasteiger partial charge in [-0.1, -0.05) is 61.2 Å². The van der Waals surface area contributed by atoms with Gasteiger partial charge in [0.2, 0.25) is 0 Å². The van der Waals surface area contributed by atoms with Gasteiger partial charge >= 0.3 is 0 Å². The Morgan fingerprint density at radius 2 is 1.86 bits per heavy atom. The first-order valence-electron chi connectivity index (χ1n) is 9.54. The molecular formula is C23H23ClN2O2. The quantitative estimate of drug-likeness (QED) is 0.535. The normalized spacial score (nSPS) is 14.9. The van der Waals surface area contributed by atoms with E-state index < -0.39 is 0 Å². The Bertz CT molecular complexity index is 878. The zero-order chi connectivity index (χ0) is 19.8. The van der Waals surface area contributed by atoms with E-state index in [-0.39, 0.29) is 17.5 Å². The number of nitriles is 1. The van der Waals surface area contributed by atoms with E-state index in [9.17, 15) is 10.1 Å². The average Bonchev–Trinajstić information content (AvgIpc) is 2.73. The molecule has 1 aliphatic carbocycles. The van der Waals surface area contributed by atoms with Crippen LogP contribution >= 0.6 is 11.6 Å². The van der Waals surface area contributed by atoms with Crippen molar-refractivity contribution in [2.75, 3.05) is 0 Å². The third-order valence-corrected chi connectivity index (χ3v) is 5.22. The second-order valence-electron chi connectivity index (χ2n) is 6.93. The number of nitrogens with zero attached hydrogens (tertiary/aromatic N) is 1. The Labute approximate surface area is 170 Å². The van der Waals surface area contributed by atoms with Crippen molar-refractivity contribution in [3.8, 4) is 11.8 Å². The van der Waals surface area contributed by atoms with E-state index in [0.717, 1.165) is 36.8 Å². The predicted molar refractivity (Wildman–Crippen MR) is 111 cm³/mol. The molecule has 0 aromatic heterocycles. The van der Waals surface area contributed by atoms with Crippen molar-refractivity contribution in [1.29, 1.82) is 5.26 Å². The first-order valence-corrected chi connectivity index (χ1v) is 9.92. The van der Waals surface area contributed by atoms with Crippen molar-refractivity contribution >= 4 is 23.6 Å². The Hall–Kier alpha value is -2.77. The molecule has 0 radical (unpaired) electrons. The number of carbonyl (C=O) groups excluding carboxylic acids is 1. The van der Waals surface area contributed by atoms with E-state index in [1.165, 1.54) is 6.42 Å². The molecule has 2 aromatic rings. The Morgan fingerprint density at radius 3 is 2.54 bits per heavy atom. The van der Waals surface area contributed by atoms with Crippen molar-refractivity contribution in [1.82, 2.24) is 5.32 Å². The van der Waals surface area contributed by atoms with Crippen molar-refractivity contribution in [3.63, 3.8) is 0 Å². The van der Waals surface area contributed by atoms with Crippen molar-refractivity contribution in [3.05, 3.63) is 70.3 Å². The van der Waals surface area contributed by atoms with Crippen LogP contribution in [0.3, 0.4) is 0 Å². The van der Waals surface area contributed by atoms with Gasteiger partial charge in [-0.3, -0.25) is 4.79 Å². The molecular weight excluding hydrogens is 372 g/mol. The van der Waals surface area contributed by atoms with Crippen LogP contribution in [-0.2, 0) is 11.4 Å². The van der Waals surface area contributed by atoms with Crippen LogP contribution in [-0.4, -0.2) is 11.9 Å². The van der Waals surface area contributed by atoms with Gasteiger partial charge in [-0.05, 0) is 42.7 Å². The number of benzene rings is 2. The number of hydrogen-bond donors (Lipinski definition) is 1. The van der Waals surface area contributed by atoms with Crippen LogP contribution < -0.4 is 10.1 Å². The molecule has 0 saturated heterocycles. The maximum Gasteiger partial charge on any atom is 0.262 e. The minimum atomic E-state index is -0.298. The summed E-state index contributed by atoms with van der Waals surface area (Å²) < 4.78 is 5.76. The highest BCUT2D eigenvalue weighted by Gasteiger charge is 2.18. The van der Waals surface area contributed by atoms with Crippen LogP contribution in [0.2, 0.25) is 5.02 Å². The van der Waals surface area contributed by atoms with Crippen LogP contribution in [0.15, 0.2) is 54.1 Å². The highest BCUT2D eigenvalue weighted by Crippen LogP contribution is 2.20. The van der Waals surface area contributed by atoms with E-state index in [2.05, 4.69) is 5.32 Å². The average molecular weight is 395 g/mol. The molecule has 1 saturated carbocycles. The fraction of sp³-hybridized carbons (Fsp3) is 0.304. The van der Waals surface area contributed by atoms with E-state index in [1.807, 2.05) is 54.6 Å². The summed E-state index contributed by atoms with van der Waals surface area (Å²) in [5.41, 5.74) is 1.81. The van der Waals surface area contributed by atoms with Crippen LogP contribution in [0.25, 0.3) is 6.08 Å². The van der Waals surface area contributed by atoms with Crippen LogP contribution in [0.1, 0.15) is 43.2 Å². The molecule has 28 heavy (non-hydrogen) atoms. The SMILES string of the molecule is N#C/C(=C\c1ccc(OCc2ccccc2Cl)cc1)C(=O)NC1CCCCC1. The van der Waals surface area contributed by atoms with Crippen molar-refractivity contribution in [2.24, 2.45) is 0 Å². The minimum Gasteiger partial charge on any atom is -0.489 e. The monoisotopic (exact) mass is 394 g/mol. The van der Waals surface area contributed by atoms with E-state index in [4.69, 9.17) is 16.3 Å². The lowest BCUT2D eigenvalue weighted by molar-refractivity contribution is -0.117. The lowest BCUT2D eigenvalue weighted by atomic mass is 9.95. The van der Waals surface area contributed by atoms with Gasteiger partial charge in [0.05, 0.1) is 0 Å². The number of halogens is 1. The molecule has 0 bridgehead atoms. The molecule has 3 rings (SSSR count). The minimum absolute atomic E-state index is 0.121. The van der Waals surface area contributed by atoms with Crippen LogP contribution in [0.5, 0.6) is 5.75 Å². The third-order valence-electron chi connectivity index (χ3n) is 4.85. The number of nitrogens with one attached hydrogen (secondary N) is 1. The molecule has 144 valence electrons. The van der Waals surface area contributed by atoms with E-state index >= 15 is 0 Å². The molecule has 0 heterocycles. The molecule has 1 fully saturated rings. The zero-order valence-corrected chi connectivity index (χ0v) is 16.4. The molecule has 2 aromatic carbocycles. The number of rotatable bonds is 6. The number of ether oxygens (including phenoxy) is 1. The summed E-state index contributed by atoms with van der Waals surface area (Å²) in [5.74, 6) is 0.399. The third kappa shape index (κ3) is 5.61. The first kappa shape index (κ1) is 20.0. The predicted octanol–water partition coefficient (Wildman–Crippen LogP) is 5.27. The summed E-state index contributed by atoms with van der Waals surface area (Å²) in [6, 6.07) is 17.0. The standard InChI is InChI=1S/C23H23ClN2O2/c24-22-9-5-4-6-18(22)16-28-21-12-10-17(11-13-21)14-19(15-25)23(27)26-20-7-2-1-3-8-20/h4-6,9-14,20H,1-3,7-8,16H2,(H,26,27)/b19-14+. The lowest BCUT2D eigenvalue weighted by Gasteiger charge is -2.22. The Kier molecular flexibility index (Phi) is 7.11. The van der Waals surface area contributed by atoms with Crippen LogP contribution in [0.4, 0.5) is 0 Å². The molecule has 0 spiro atoms. The largest absolute Gasteiger partial charge is 0.489 e. The fourth-order valence-electron chi connectivity index (χ4n) is 3.26. The molecule has 0 unspecified atom stereocenters. The topological polar surface area (TPSA) is 62.1 Å². The molecule has 1 amide bonds. The molecule has 0 aliphatic heterocycles. The molecule has 1 aliphatic rings. The maximum absolute atomic E-state index is 12.4. The Morgan fingerprint density at radius 1 is 1.14 bits per heavy atom. The summed E-state index contributed by atoms with van der Waals surface area (Å²) >= 11 is 6.13. The maximum atomic E-state index is 12.4. The second-order valence-corrected chi connectivity index (χ2v) is 7.33. The first-order chi connectivity index (χ1) is 13.7. The highest BCUT2D eigenvalue weighted by atomic mass is 35.5. The summed E-state index contributed by atoms with van der Waals surface area (Å²) in [6.45, 7) is 0.377. The van der Waals surface area contributed by atoms with Gasteiger partial charge < -0.3 is 10.1 Å². The fourth-order valence-corrected chi connectivity index (χ4v) is 3.45. The zero-order valence-electron chi connectivity index (χ0n) is 15.7. The van der Waals surface area contributed by atoms with Crippen molar-refractivity contribution in [2.45, 2.75) is 44.8 Å². The van der Waals surface area contributed by atoms with E-state index in [0.29, 0.717) is 17.4 Å².